The monoisotopic (exact) mass is 387 g/mol. The summed E-state index contributed by atoms with van der Waals surface area (Å²) in [5.41, 5.74) is 2.12. The number of anilines is 1. The zero-order chi connectivity index (χ0) is 20.3. The SMILES string of the molecule is Cc1ccc(NC(C)(C)C(=O)N2CCN(Cc3ccc(F)c(F)c3)CC2)cc1. The predicted octanol–water partition coefficient (Wildman–Crippen LogP) is 3.81. The maximum atomic E-state index is 13.4. The lowest BCUT2D eigenvalue weighted by molar-refractivity contribution is -0.136. The summed E-state index contributed by atoms with van der Waals surface area (Å²) in [6, 6.07) is 12.0. The van der Waals surface area contributed by atoms with Crippen molar-refractivity contribution in [1.29, 1.82) is 0 Å². The first-order valence-corrected chi connectivity index (χ1v) is 9.55. The van der Waals surface area contributed by atoms with Crippen LogP contribution < -0.4 is 5.32 Å². The molecule has 2 aromatic carbocycles. The van der Waals surface area contributed by atoms with Crippen LogP contribution in [0, 0.1) is 18.6 Å². The fraction of sp³-hybridized carbons (Fsp3) is 0.409. The van der Waals surface area contributed by atoms with Crippen molar-refractivity contribution in [3.63, 3.8) is 0 Å². The summed E-state index contributed by atoms with van der Waals surface area (Å²) in [5, 5.41) is 3.32. The Bertz CT molecular complexity index is 828. The first-order valence-electron chi connectivity index (χ1n) is 9.55. The van der Waals surface area contributed by atoms with Crippen LogP contribution in [0.1, 0.15) is 25.0 Å². The molecule has 1 aliphatic rings. The maximum Gasteiger partial charge on any atom is 0.247 e. The Kier molecular flexibility index (Phi) is 5.98. The molecule has 0 radical (unpaired) electrons. The zero-order valence-corrected chi connectivity index (χ0v) is 16.6. The minimum absolute atomic E-state index is 0.0561. The minimum atomic E-state index is -0.831. The van der Waals surface area contributed by atoms with E-state index >= 15 is 0 Å². The zero-order valence-electron chi connectivity index (χ0n) is 16.6. The molecule has 0 unspecified atom stereocenters. The van der Waals surface area contributed by atoms with E-state index in [0.717, 1.165) is 17.3 Å². The summed E-state index contributed by atoms with van der Waals surface area (Å²) in [5.74, 6) is -1.60. The normalized spacial score (nSPS) is 15.5. The van der Waals surface area contributed by atoms with Gasteiger partial charge in [-0.1, -0.05) is 23.8 Å². The number of nitrogens with zero attached hydrogens (tertiary/aromatic N) is 2. The second kappa shape index (κ2) is 8.27. The van der Waals surface area contributed by atoms with E-state index in [4.69, 9.17) is 0 Å². The topological polar surface area (TPSA) is 35.6 Å². The van der Waals surface area contributed by atoms with Crippen LogP contribution in [0.3, 0.4) is 0 Å². The van der Waals surface area contributed by atoms with Crippen molar-refractivity contribution >= 4 is 11.6 Å². The van der Waals surface area contributed by atoms with Gasteiger partial charge in [0.05, 0.1) is 0 Å². The number of halogens is 2. The average Bonchev–Trinajstić information content (AvgIpc) is 2.66. The van der Waals surface area contributed by atoms with Gasteiger partial charge in [0.2, 0.25) is 5.91 Å². The molecule has 28 heavy (non-hydrogen) atoms. The molecule has 1 fully saturated rings. The van der Waals surface area contributed by atoms with Crippen LogP contribution in [-0.2, 0) is 11.3 Å². The second-order valence-corrected chi connectivity index (χ2v) is 7.93. The highest BCUT2D eigenvalue weighted by Gasteiger charge is 2.33. The first-order chi connectivity index (χ1) is 13.2. The molecule has 0 spiro atoms. The third-order valence-electron chi connectivity index (χ3n) is 5.09. The summed E-state index contributed by atoms with van der Waals surface area (Å²) >= 11 is 0. The highest BCUT2D eigenvalue weighted by molar-refractivity contribution is 5.88. The number of nitrogens with one attached hydrogen (secondary N) is 1. The highest BCUT2D eigenvalue weighted by Crippen LogP contribution is 2.20. The lowest BCUT2D eigenvalue weighted by Crippen LogP contribution is -2.56. The lowest BCUT2D eigenvalue weighted by atomic mass is 10.0. The third-order valence-corrected chi connectivity index (χ3v) is 5.09. The van der Waals surface area contributed by atoms with Gasteiger partial charge in [0.15, 0.2) is 11.6 Å². The van der Waals surface area contributed by atoms with Gasteiger partial charge in [0.25, 0.3) is 0 Å². The Labute approximate surface area is 165 Å². The van der Waals surface area contributed by atoms with Gasteiger partial charge in [-0.05, 0) is 50.6 Å². The number of hydrogen-bond acceptors (Lipinski definition) is 3. The lowest BCUT2D eigenvalue weighted by Gasteiger charge is -2.39. The summed E-state index contributed by atoms with van der Waals surface area (Å²) < 4.78 is 26.4. The summed E-state index contributed by atoms with van der Waals surface area (Å²) in [7, 11) is 0. The smallest absolute Gasteiger partial charge is 0.247 e. The van der Waals surface area contributed by atoms with Crippen molar-refractivity contribution in [2.75, 3.05) is 31.5 Å². The fourth-order valence-corrected chi connectivity index (χ4v) is 3.45. The van der Waals surface area contributed by atoms with Gasteiger partial charge in [-0.2, -0.15) is 0 Å². The van der Waals surface area contributed by atoms with Gasteiger partial charge >= 0.3 is 0 Å². The van der Waals surface area contributed by atoms with Gasteiger partial charge in [0, 0.05) is 38.4 Å². The average molecular weight is 387 g/mol. The molecule has 0 bridgehead atoms. The molecule has 1 amide bonds. The van der Waals surface area contributed by atoms with E-state index in [1.165, 1.54) is 11.6 Å². The molecule has 0 atom stereocenters. The standard InChI is InChI=1S/C22H27F2N3O/c1-16-4-7-18(8-5-16)25-22(2,3)21(28)27-12-10-26(11-13-27)15-17-6-9-19(23)20(24)14-17/h4-9,14,25H,10-13,15H2,1-3H3. The number of amides is 1. The number of aryl methyl sites for hydroxylation is 1. The Balaban J connectivity index is 1.55. The van der Waals surface area contributed by atoms with Crippen LogP contribution in [0.2, 0.25) is 0 Å². The largest absolute Gasteiger partial charge is 0.372 e. The van der Waals surface area contributed by atoms with Crippen LogP contribution in [0.4, 0.5) is 14.5 Å². The molecule has 1 aliphatic heterocycles. The summed E-state index contributed by atoms with van der Waals surface area (Å²) in [6.45, 7) is 8.98. The van der Waals surface area contributed by atoms with E-state index in [1.54, 1.807) is 6.07 Å². The predicted molar refractivity (Wildman–Crippen MR) is 107 cm³/mol. The molecule has 2 aromatic rings. The third kappa shape index (κ3) is 4.87. The number of hydrogen-bond donors (Lipinski definition) is 1. The van der Waals surface area contributed by atoms with Crippen LogP contribution in [0.15, 0.2) is 42.5 Å². The molecular weight excluding hydrogens is 360 g/mol. The van der Waals surface area contributed by atoms with E-state index in [-0.39, 0.29) is 5.91 Å². The number of benzene rings is 2. The van der Waals surface area contributed by atoms with E-state index < -0.39 is 17.2 Å². The molecule has 1 N–H and O–H groups in total. The molecule has 0 aliphatic carbocycles. The molecule has 6 heteroatoms. The van der Waals surface area contributed by atoms with Crippen LogP contribution >= 0.6 is 0 Å². The molecule has 0 saturated carbocycles. The Morgan fingerprint density at radius 1 is 1.00 bits per heavy atom. The number of piperazine rings is 1. The molecule has 150 valence electrons. The van der Waals surface area contributed by atoms with Crippen LogP contribution in [0.25, 0.3) is 0 Å². The summed E-state index contributed by atoms with van der Waals surface area (Å²) in [4.78, 5) is 17.0. The molecule has 1 saturated heterocycles. The first kappa shape index (κ1) is 20.3. The maximum absolute atomic E-state index is 13.4. The Morgan fingerprint density at radius 2 is 1.64 bits per heavy atom. The Hall–Kier alpha value is -2.47. The van der Waals surface area contributed by atoms with E-state index in [0.29, 0.717) is 32.7 Å². The quantitative estimate of drug-likeness (QED) is 0.848. The fourth-order valence-electron chi connectivity index (χ4n) is 3.45. The molecular formula is C22H27F2N3O. The molecule has 1 heterocycles. The van der Waals surface area contributed by atoms with Gasteiger partial charge in [-0.15, -0.1) is 0 Å². The summed E-state index contributed by atoms with van der Waals surface area (Å²) in [6.07, 6.45) is 0. The van der Waals surface area contributed by atoms with Crippen molar-refractivity contribution in [1.82, 2.24) is 9.80 Å². The van der Waals surface area contributed by atoms with E-state index in [1.807, 2.05) is 49.9 Å². The van der Waals surface area contributed by atoms with Crippen molar-refractivity contribution in [2.45, 2.75) is 32.9 Å². The van der Waals surface area contributed by atoms with Crippen molar-refractivity contribution in [3.8, 4) is 0 Å². The van der Waals surface area contributed by atoms with Crippen molar-refractivity contribution in [2.24, 2.45) is 0 Å². The highest BCUT2D eigenvalue weighted by atomic mass is 19.2. The minimum Gasteiger partial charge on any atom is -0.372 e. The van der Waals surface area contributed by atoms with Crippen LogP contribution in [-0.4, -0.2) is 47.4 Å². The van der Waals surface area contributed by atoms with Crippen molar-refractivity contribution in [3.05, 3.63) is 65.2 Å². The van der Waals surface area contributed by atoms with Crippen molar-refractivity contribution < 1.29 is 13.6 Å². The van der Waals surface area contributed by atoms with Gasteiger partial charge < -0.3 is 10.2 Å². The Morgan fingerprint density at radius 3 is 2.25 bits per heavy atom. The van der Waals surface area contributed by atoms with Gasteiger partial charge in [-0.3, -0.25) is 9.69 Å². The van der Waals surface area contributed by atoms with E-state index in [2.05, 4.69) is 10.2 Å². The van der Waals surface area contributed by atoms with Gasteiger partial charge in [0.1, 0.15) is 5.54 Å². The molecule has 0 aromatic heterocycles. The van der Waals surface area contributed by atoms with E-state index in [9.17, 15) is 13.6 Å². The molecule has 4 nitrogen and oxygen atoms in total. The number of carbonyl (C=O) groups excluding carboxylic acids is 1. The molecule has 3 rings (SSSR count). The second-order valence-electron chi connectivity index (χ2n) is 7.93. The number of carbonyl (C=O) groups is 1. The number of rotatable bonds is 5. The van der Waals surface area contributed by atoms with Gasteiger partial charge in [-0.25, -0.2) is 8.78 Å². The van der Waals surface area contributed by atoms with Crippen LogP contribution in [0.5, 0.6) is 0 Å².